The van der Waals surface area contributed by atoms with Crippen LogP contribution in [0.2, 0.25) is 0 Å². The molecule has 0 unspecified atom stereocenters. The largest absolute Gasteiger partial charge is 0.389 e. The highest BCUT2D eigenvalue weighted by molar-refractivity contribution is 4.54. The fourth-order valence-electron chi connectivity index (χ4n) is 0.557. The monoisotopic (exact) mass is 130 g/mol. The Morgan fingerprint density at radius 2 is 2.22 bits per heavy atom. The van der Waals surface area contributed by atoms with E-state index in [9.17, 15) is 0 Å². The maximum atomic E-state index is 8.24. The maximum Gasteiger partial charge on any atom is 0.0935 e. The zero-order valence-electron chi connectivity index (χ0n) is 6.22. The minimum atomic E-state index is 0.604. The summed E-state index contributed by atoms with van der Waals surface area (Å²) in [6.45, 7) is 7.11. The predicted octanol–water partition coefficient (Wildman–Crippen LogP) is 1.16. The maximum absolute atomic E-state index is 8.24. The zero-order chi connectivity index (χ0) is 7.11. The molecule has 0 aliphatic carbocycles. The van der Waals surface area contributed by atoms with E-state index in [-0.39, 0.29) is 0 Å². The van der Waals surface area contributed by atoms with E-state index in [1.54, 1.807) is 0 Å². The fraction of sp³-hybridized carbons (Fsp3) is 0.857. The number of rotatable bonds is 5. The van der Waals surface area contributed by atoms with Crippen LogP contribution >= 0.6 is 0 Å². The number of hydrogen-bond donors (Lipinski definition) is 2. The molecule has 0 aromatic heterocycles. The van der Waals surface area contributed by atoms with Crippen LogP contribution in [-0.4, -0.2) is 18.2 Å². The molecule has 0 atom stereocenters. The lowest BCUT2D eigenvalue weighted by Crippen LogP contribution is -2.18. The first-order valence-corrected chi connectivity index (χ1v) is 3.44. The average Bonchev–Trinajstić information content (AvgIpc) is 1.80. The van der Waals surface area contributed by atoms with Gasteiger partial charge in [-0.2, -0.15) is 0 Å². The Bertz CT molecular complexity index is 54.9. The highest BCUT2D eigenvalue weighted by atomic mass is 16.3. The molecule has 1 radical (unpaired) electrons. The van der Waals surface area contributed by atoms with Crippen LogP contribution in [0.3, 0.4) is 0 Å². The predicted molar refractivity (Wildman–Crippen MR) is 38.6 cm³/mol. The zero-order valence-corrected chi connectivity index (χ0v) is 6.22. The second kappa shape index (κ2) is 6.05. The van der Waals surface area contributed by atoms with Crippen LogP contribution in [0, 0.1) is 12.5 Å². The van der Waals surface area contributed by atoms with Crippen molar-refractivity contribution in [3.8, 4) is 0 Å². The third-order valence-corrected chi connectivity index (χ3v) is 1.13. The van der Waals surface area contributed by atoms with Crippen molar-refractivity contribution in [1.82, 2.24) is 5.32 Å². The molecule has 9 heavy (non-hydrogen) atoms. The minimum Gasteiger partial charge on any atom is -0.389 e. The van der Waals surface area contributed by atoms with Crippen molar-refractivity contribution in [3.63, 3.8) is 0 Å². The van der Waals surface area contributed by atoms with Gasteiger partial charge in [-0.3, -0.25) is 0 Å². The Hall–Kier alpha value is -0.0800. The van der Waals surface area contributed by atoms with Crippen molar-refractivity contribution in [2.45, 2.75) is 20.3 Å². The molecule has 0 rings (SSSR count). The highest BCUT2D eigenvalue weighted by Crippen LogP contribution is 1.95. The van der Waals surface area contributed by atoms with E-state index in [2.05, 4.69) is 19.2 Å². The van der Waals surface area contributed by atoms with E-state index in [0.717, 1.165) is 19.1 Å². The molecule has 2 N–H and O–H groups in total. The van der Waals surface area contributed by atoms with Gasteiger partial charge in [0.05, 0.1) is 6.61 Å². The first-order chi connectivity index (χ1) is 4.27. The van der Waals surface area contributed by atoms with Gasteiger partial charge in [-0.15, -0.1) is 0 Å². The summed E-state index contributed by atoms with van der Waals surface area (Å²) in [5, 5.41) is 11.3. The lowest BCUT2D eigenvalue weighted by Gasteiger charge is -2.03. The summed E-state index contributed by atoms with van der Waals surface area (Å²) in [5.74, 6) is 0.746. The average molecular weight is 130 g/mol. The second-order valence-electron chi connectivity index (χ2n) is 2.57. The molecular formula is C7H16NO. The van der Waals surface area contributed by atoms with Crippen molar-refractivity contribution in [2.75, 3.05) is 13.1 Å². The normalized spacial score (nSPS) is 10.7. The molecule has 0 aliphatic heterocycles. The quantitative estimate of drug-likeness (QED) is 0.547. The SMILES string of the molecule is CC(C)CCNC[CH]O. The molecule has 0 aromatic carbocycles. The van der Waals surface area contributed by atoms with Crippen LogP contribution in [-0.2, 0) is 0 Å². The summed E-state index contributed by atoms with van der Waals surface area (Å²) in [6.07, 6.45) is 1.17. The Labute approximate surface area is 57.3 Å². The van der Waals surface area contributed by atoms with Crippen molar-refractivity contribution in [1.29, 1.82) is 0 Å². The van der Waals surface area contributed by atoms with E-state index in [4.69, 9.17) is 5.11 Å². The van der Waals surface area contributed by atoms with Crippen molar-refractivity contribution >= 4 is 0 Å². The van der Waals surface area contributed by atoms with E-state index in [0.29, 0.717) is 6.54 Å². The lowest BCUT2D eigenvalue weighted by atomic mass is 10.1. The van der Waals surface area contributed by atoms with Crippen LogP contribution in [0.4, 0.5) is 0 Å². The summed E-state index contributed by atoms with van der Waals surface area (Å²) in [7, 11) is 0. The molecule has 2 nitrogen and oxygen atoms in total. The van der Waals surface area contributed by atoms with E-state index in [1.165, 1.54) is 6.42 Å². The number of aliphatic hydroxyl groups is 1. The van der Waals surface area contributed by atoms with Crippen LogP contribution in [0.25, 0.3) is 0 Å². The second-order valence-corrected chi connectivity index (χ2v) is 2.57. The van der Waals surface area contributed by atoms with E-state index < -0.39 is 0 Å². The Morgan fingerprint density at radius 1 is 1.56 bits per heavy atom. The Kier molecular flexibility index (Phi) is 5.99. The molecule has 0 heterocycles. The van der Waals surface area contributed by atoms with Gasteiger partial charge >= 0.3 is 0 Å². The van der Waals surface area contributed by atoms with Gasteiger partial charge in [0.25, 0.3) is 0 Å². The van der Waals surface area contributed by atoms with Crippen LogP contribution < -0.4 is 5.32 Å². The van der Waals surface area contributed by atoms with E-state index >= 15 is 0 Å². The topological polar surface area (TPSA) is 32.3 Å². The molecule has 55 valence electrons. The first kappa shape index (κ1) is 8.92. The van der Waals surface area contributed by atoms with Crippen LogP contribution in [0.1, 0.15) is 20.3 Å². The van der Waals surface area contributed by atoms with Gasteiger partial charge < -0.3 is 10.4 Å². The van der Waals surface area contributed by atoms with Gasteiger partial charge in [0.1, 0.15) is 0 Å². The Balaban J connectivity index is 2.75. The van der Waals surface area contributed by atoms with Gasteiger partial charge in [-0.1, -0.05) is 13.8 Å². The van der Waals surface area contributed by atoms with Gasteiger partial charge in [-0.05, 0) is 18.9 Å². The van der Waals surface area contributed by atoms with Gasteiger partial charge in [0.15, 0.2) is 0 Å². The molecule has 2 heteroatoms. The molecule has 0 saturated heterocycles. The summed E-state index contributed by atoms with van der Waals surface area (Å²) >= 11 is 0. The molecule has 0 aromatic rings. The minimum absolute atomic E-state index is 0.604. The molecule has 0 amide bonds. The third-order valence-electron chi connectivity index (χ3n) is 1.13. The number of nitrogens with one attached hydrogen (secondary N) is 1. The van der Waals surface area contributed by atoms with Crippen LogP contribution in [0.15, 0.2) is 0 Å². The highest BCUT2D eigenvalue weighted by Gasteiger charge is 1.91. The van der Waals surface area contributed by atoms with Gasteiger partial charge in [0, 0.05) is 6.54 Å². The Morgan fingerprint density at radius 3 is 2.67 bits per heavy atom. The summed E-state index contributed by atoms with van der Waals surface area (Å²) in [6, 6.07) is 0. The first-order valence-electron chi connectivity index (χ1n) is 3.44. The molecule has 0 aliphatic rings. The summed E-state index contributed by atoms with van der Waals surface area (Å²) < 4.78 is 0. The van der Waals surface area contributed by atoms with Gasteiger partial charge in [-0.25, -0.2) is 0 Å². The summed E-state index contributed by atoms with van der Waals surface area (Å²) in [4.78, 5) is 0. The van der Waals surface area contributed by atoms with Crippen molar-refractivity contribution in [2.24, 2.45) is 5.92 Å². The van der Waals surface area contributed by atoms with Crippen molar-refractivity contribution < 1.29 is 5.11 Å². The molecule has 0 bridgehead atoms. The van der Waals surface area contributed by atoms with Crippen LogP contribution in [0.5, 0.6) is 0 Å². The summed E-state index contributed by atoms with van der Waals surface area (Å²) in [5.41, 5.74) is 0. The van der Waals surface area contributed by atoms with Crippen molar-refractivity contribution in [3.05, 3.63) is 6.61 Å². The standard InChI is InChI=1S/C7H16NO/c1-7(2)3-4-8-5-6-9/h6-9H,3-5H2,1-2H3. The molecule has 0 fully saturated rings. The number of aliphatic hydroxyl groups excluding tert-OH is 1. The van der Waals surface area contributed by atoms with Gasteiger partial charge in [0.2, 0.25) is 0 Å². The smallest absolute Gasteiger partial charge is 0.0935 e. The molecule has 0 spiro atoms. The molecular weight excluding hydrogens is 114 g/mol. The third kappa shape index (κ3) is 7.92. The fourth-order valence-corrected chi connectivity index (χ4v) is 0.557. The molecule has 0 saturated carbocycles. The number of hydrogen-bond acceptors (Lipinski definition) is 2. The lowest BCUT2D eigenvalue weighted by molar-refractivity contribution is 0.373. The van der Waals surface area contributed by atoms with E-state index in [1.807, 2.05) is 0 Å².